The lowest BCUT2D eigenvalue weighted by Crippen LogP contribution is -2.24. The Hall–Kier alpha value is -2.07. The summed E-state index contributed by atoms with van der Waals surface area (Å²) in [5.41, 5.74) is 0.498. The van der Waals surface area contributed by atoms with Gasteiger partial charge in [0.1, 0.15) is 5.75 Å². The molecule has 1 amide bonds. The smallest absolute Gasteiger partial charge is 0.255 e. The highest BCUT2D eigenvalue weighted by atomic mass is 35.5. The highest BCUT2D eigenvalue weighted by Gasteiger charge is 2.17. The van der Waals surface area contributed by atoms with Gasteiger partial charge in [-0.25, -0.2) is 0 Å². The van der Waals surface area contributed by atoms with Crippen molar-refractivity contribution in [1.82, 2.24) is 5.32 Å². The maximum Gasteiger partial charge on any atom is 0.255 e. The number of phenolic OH excluding ortho intramolecular Hbond substituents is 1. The molecule has 0 bridgehead atoms. The van der Waals surface area contributed by atoms with Crippen LogP contribution in [-0.4, -0.2) is 23.8 Å². The van der Waals surface area contributed by atoms with Gasteiger partial charge in [0.2, 0.25) is 0 Å². The molecule has 2 aromatic rings. The molecule has 0 aliphatic carbocycles. The van der Waals surface area contributed by atoms with Gasteiger partial charge >= 0.3 is 0 Å². The third kappa shape index (κ3) is 3.00. The molecular formula is C16H16ClNO3. The molecule has 0 radical (unpaired) electrons. The van der Waals surface area contributed by atoms with Crippen LogP contribution in [-0.2, 0) is 0 Å². The zero-order chi connectivity index (χ0) is 15.4. The minimum atomic E-state index is -0.374. The Bertz CT molecular complexity index is 697. The number of nitrogens with one attached hydrogen (secondary N) is 1. The Labute approximate surface area is 127 Å². The van der Waals surface area contributed by atoms with E-state index >= 15 is 0 Å². The minimum absolute atomic E-state index is 0.117. The fraction of sp³-hybridized carbons (Fsp3) is 0.250. The molecule has 0 aliphatic heterocycles. The summed E-state index contributed by atoms with van der Waals surface area (Å²) >= 11 is 6.17. The monoisotopic (exact) mass is 305 g/mol. The Morgan fingerprint density at radius 1 is 1.43 bits per heavy atom. The molecular weight excluding hydrogens is 290 g/mol. The molecule has 0 atom stereocenters. The molecule has 0 heterocycles. The molecule has 0 unspecified atom stereocenters. The first kappa shape index (κ1) is 15.3. The van der Waals surface area contributed by atoms with E-state index in [-0.39, 0.29) is 22.2 Å². The van der Waals surface area contributed by atoms with Gasteiger partial charge in [-0.05, 0) is 12.5 Å². The molecule has 4 nitrogen and oxygen atoms in total. The normalized spacial score (nSPS) is 10.6. The van der Waals surface area contributed by atoms with E-state index in [2.05, 4.69) is 5.32 Å². The van der Waals surface area contributed by atoms with Crippen LogP contribution in [0.5, 0.6) is 5.75 Å². The molecule has 0 spiro atoms. The average Bonchev–Trinajstić information content (AvgIpc) is 2.50. The second-order valence-corrected chi connectivity index (χ2v) is 5.16. The molecule has 110 valence electrons. The largest absolute Gasteiger partial charge is 0.506 e. The van der Waals surface area contributed by atoms with Crippen molar-refractivity contribution in [3.8, 4) is 5.75 Å². The van der Waals surface area contributed by atoms with Crippen molar-refractivity contribution in [2.24, 2.45) is 0 Å². The van der Waals surface area contributed by atoms with Gasteiger partial charge in [-0.1, -0.05) is 43.1 Å². The Morgan fingerprint density at radius 2 is 2.19 bits per heavy atom. The fourth-order valence-electron chi connectivity index (χ4n) is 2.19. The molecule has 0 saturated heterocycles. The lowest BCUT2D eigenvalue weighted by atomic mass is 10.0. The minimum Gasteiger partial charge on any atom is -0.506 e. The lowest BCUT2D eigenvalue weighted by Gasteiger charge is -2.11. The maximum absolute atomic E-state index is 12.1. The van der Waals surface area contributed by atoms with Crippen LogP contribution in [0.25, 0.3) is 10.8 Å². The highest BCUT2D eigenvalue weighted by molar-refractivity contribution is 6.37. The zero-order valence-electron chi connectivity index (χ0n) is 11.6. The van der Waals surface area contributed by atoms with Crippen molar-refractivity contribution in [2.45, 2.75) is 19.8 Å². The standard InChI is InChI=1S/C16H16ClNO3/c1-2-3-7-18-16(21)12-8-13(17)14-10(9-19)5-4-6-11(14)15(12)20/h4-6,8-9,20H,2-3,7H2,1H3,(H,18,21). The van der Waals surface area contributed by atoms with E-state index in [1.807, 2.05) is 6.92 Å². The van der Waals surface area contributed by atoms with Gasteiger partial charge in [-0.15, -0.1) is 0 Å². The number of carbonyl (C=O) groups excluding carboxylic acids is 2. The van der Waals surface area contributed by atoms with Crippen molar-refractivity contribution in [3.05, 3.63) is 40.4 Å². The maximum atomic E-state index is 12.1. The van der Waals surface area contributed by atoms with Gasteiger partial charge in [-0.2, -0.15) is 0 Å². The number of rotatable bonds is 5. The van der Waals surface area contributed by atoms with E-state index in [9.17, 15) is 14.7 Å². The van der Waals surface area contributed by atoms with E-state index in [0.29, 0.717) is 29.2 Å². The SMILES string of the molecule is CCCCNC(=O)c1cc(Cl)c2c(C=O)cccc2c1O. The summed E-state index contributed by atoms with van der Waals surface area (Å²) in [6, 6.07) is 6.28. The number of hydrogen-bond donors (Lipinski definition) is 2. The third-order valence-electron chi connectivity index (χ3n) is 3.30. The first-order valence-corrected chi connectivity index (χ1v) is 7.15. The molecule has 0 fully saturated rings. The van der Waals surface area contributed by atoms with Gasteiger partial charge < -0.3 is 10.4 Å². The van der Waals surface area contributed by atoms with Crippen LogP contribution in [0, 0.1) is 0 Å². The molecule has 21 heavy (non-hydrogen) atoms. The molecule has 0 aromatic heterocycles. The number of halogens is 1. The second kappa shape index (κ2) is 6.59. The number of aromatic hydroxyl groups is 1. The summed E-state index contributed by atoms with van der Waals surface area (Å²) in [5.74, 6) is -0.534. The quantitative estimate of drug-likeness (QED) is 0.656. The zero-order valence-corrected chi connectivity index (χ0v) is 12.4. The van der Waals surface area contributed by atoms with Crippen LogP contribution in [0.15, 0.2) is 24.3 Å². The van der Waals surface area contributed by atoms with Gasteiger partial charge in [0.25, 0.3) is 5.91 Å². The summed E-state index contributed by atoms with van der Waals surface area (Å²) < 4.78 is 0. The van der Waals surface area contributed by atoms with Crippen molar-refractivity contribution < 1.29 is 14.7 Å². The second-order valence-electron chi connectivity index (χ2n) is 4.75. The Morgan fingerprint density at radius 3 is 2.86 bits per heavy atom. The summed E-state index contributed by atoms with van der Waals surface area (Å²) in [5, 5.41) is 14.1. The Kier molecular flexibility index (Phi) is 4.81. The predicted molar refractivity (Wildman–Crippen MR) is 83.3 cm³/mol. The van der Waals surface area contributed by atoms with E-state index in [1.165, 1.54) is 6.07 Å². The number of fused-ring (bicyclic) bond motifs is 1. The Balaban J connectivity index is 2.50. The molecule has 2 N–H and O–H groups in total. The van der Waals surface area contributed by atoms with Gasteiger partial charge in [0, 0.05) is 22.9 Å². The van der Waals surface area contributed by atoms with Crippen LogP contribution in [0.1, 0.15) is 40.5 Å². The molecule has 0 aliphatic rings. The molecule has 5 heteroatoms. The summed E-state index contributed by atoms with van der Waals surface area (Å²) in [6.45, 7) is 2.57. The third-order valence-corrected chi connectivity index (χ3v) is 3.60. The van der Waals surface area contributed by atoms with E-state index < -0.39 is 0 Å². The van der Waals surface area contributed by atoms with Crippen molar-refractivity contribution in [3.63, 3.8) is 0 Å². The first-order valence-electron chi connectivity index (χ1n) is 6.77. The highest BCUT2D eigenvalue weighted by Crippen LogP contribution is 2.35. The van der Waals surface area contributed by atoms with Gasteiger partial charge in [0.15, 0.2) is 6.29 Å². The first-order chi connectivity index (χ1) is 10.1. The van der Waals surface area contributed by atoms with Crippen LogP contribution < -0.4 is 5.32 Å². The number of aldehydes is 1. The topological polar surface area (TPSA) is 66.4 Å². The predicted octanol–water partition coefficient (Wildman–Crippen LogP) is 3.54. The number of phenols is 1. The van der Waals surface area contributed by atoms with E-state index in [0.717, 1.165) is 12.8 Å². The van der Waals surface area contributed by atoms with Gasteiger partial charge in [0.05, 0.1) is 10.6 Å². The van der Waals surface area contributed by atoms with Crippen LogP contribution in [0.2, 0.25) is 5.02 Å². The van der Waals surface area contributed by atoms with Gasteiger partial charge in [-0.3, -0.25) is 9.59 Å². The summed E-state index contributed by atoms with van der Waals surface area (Å²) in [6.07, 6.45) is 2.51. The number of hydrogen-bond acceptors (Lipinski definition) is 3. The number of benzene rings is 2. The van der Waals surface area contributed by atoms with E-state index in [4.69, 9.17) is 11.6 Å². The van der Waals surface area contributed by atoms with E-state index in [1.54, 1.807) is 18.2 Å². The number of amides is 1. The van der Waals surface area contributed by atoms with Crippen LogP contribution in [0.4, 0.5) is 0 Å². The lowest BCUT2D eigenvalue weighted by molar-refractivity contribution is 0.0950. The van der Waals surface area contributed by atoms with Crippen molar-refractivity contribution in [1.29, 1.82) is 0 Å². The fourth-order valence-corrected chi connectivity index (χ4v) is 2.51. The average molecular weight is 306 g/mol. The molecule has 2 rings (SSSR count). The summed E-state index contributed by atoms with van der Waals surface area (Å²) in [4.78, 5) is 23.1. The summed E-state index contributed by atoms with van der Waals surface area (Å²) in [7, 11) is 0. The molecule has 0 saturated carbocycles. The van der Waals surface area contributed by atoms with Crippen LogP contribution >= 0.6 is 11.6 Å². The molecule has 2 aromatic carbocycles. The van der Waals surface area contributed by atoms with Crippen molar-refractivity contribution in [2.75, 3.05) is 6.54 Å². The number of unbranched alkanes of at least 4 members (excludes halogenated alkanes) is 1. The van der Waals surface area contributed by atoms with Crippen LogP contribution in [0.3, 0.4) is 0 Å². The van der Waals surface area contributed by atoms with Crippen molar-refractivity contribution >= 4 is 34.6 Å². The number of carbonyl (C=O) groups is 2.